The first kappa shape index (κ1) is 19.9. The molecule has 2 aromatic rings. The molecule has 0 fully saturated rings. The molecule has 25 heavy (non-hydrogen) atoms. The Labute approximate surface area is 155 Å². The highest BCUT2D eigenvalue weighted by Gasteiger charge is 2.32. The number of benzene rings is 2. The molecule has 0 saturated heterocycles. The third-order valence-electron chi connectivity index (χ3n) is 4.92. The molecular formula is C22H33NOS. The topological polar surface area (TPSA) is 35.2 Å². The summed E-state index contributed by atoms with van der Waals surface area (Å²) in [6.45, 7) is 9.82. The van der Waals surface area contributed by atoms with Crippen molar-refractivity contribution in [2.45, 2.75) is 51.9 Å². The van der Waals surface area contributed by atoms with Gasteiger partial charge in [0, 0.05) is 10.4 Å². The van der Waals surface area contributed by atoms with Crippen molar-refractivity contribution in [1.29, 1.82) is 0 Å². The lowest BCUT2D eigenvalue weighted by atomic mass is 9.99. The first-order valence-corrected chi connectivity index (χ1v) is 11.2. The van der Waals surface area contributed by atoms with Crippen LogP contribution in [0.15, 0.2) is 48.5 Å². The summed E-state index contributed by atoms with van der Waals surface area (Å²) in [5.41, 5.74) is 10.7. The van der Waals surface area contributed by atoms with Crippen LogP contribution in [-0.2, 0) is 17.2 Å². The molecule has 0 amide bonds. The van der Waals surface area contributed by atoms with Crippen molar-refractivity contribution in [2.24, 2.45) is 0 Å². The Morgan fingerprint density at radius 3 is 2.04 bits per heavy atom. The van der Waals surface area contributed by atoms with Crippen LogP contribution in [-0.4, -0.2) is 16.8 Å². The molecule has 1 atom stereocenters. The van der Waals surface area contributed by atoms with Gasteiger partial charge in [0.05, 0.1) is 6.61 Å². The highest BCUT2D eigenvalue weighted by atomic mass is 32.3. The maximum atomic E-state index is 6.58. The smallest absolute Gasteiger partial charge is 0.0846 e. The average molecular weight is 360 g/mol. The predicted octanol–water partition coefficient (Wildman–Crippen LogP) is 5.93. The Morgan fingerprint density at radius 1 is 0.920 bits per heavy atom. The number of hydrogen-bond donors (Lipinski definition) is 1. The lowest BCUT2D eigenvalue weighted by Crippen LogP contribution is -2.28. The molecule has 0 heterocycles. The molecule has 2 rings (SSSR count). The van der Waals surface area contributed by atoms with E-state index in [2.05, 4.69) is 64.3 Å². The van der Waals surface area contributed by atoms with Gasteiger partial charge in [-0.2, -0.15) is 0 Å². The van der Waals surface area contributed by atoms with Gasteiger partial charge in [-0.3, -0.25) is 0 Å². The van der Waals surface area contributed by atoms with Crippen LogP contribution < -0.4 is 5.73 Å². The first-order valence-electron chi connectivity index (χ1n) is 9.07. The largest absolute Gasteiger partial charge is 0.398 e. The van der Waals surface area contributed by atoms with Crippen molar-refractivity contribution in [3.8, 4) is 0 Å². The van der Waals surface area contributed by atoms with Gasteiger partial charge in [0.1, 0.15) is 0 Å². The maximum Gasteiger partial charge on any atom is 0.0846 e. The van der Waals surface area contributed by atoms with Crippen molar-refractivity contribution < 1.29 is 4.18 Å². The van der Waals surface area contributed by atoms with E-state index in [1.165, 1.54) is 16.7 Å². The molecule has 2 N–H and O–H groups in total. The van der Waals surface area contributed by atoms with E-state index in [1.807, 2.05) is 18.2 Å². The molecule has 2 aromatic carbocycles. The summed E-state index contributed by atoms with van der Waals surface area (Å²) in [6, 6.07) is 16.7. The van der Waals surface area contributed by atoms with Crippen molar-refractivity contribution in [3.63, 3.8) is 0 Å². The molecule has 2 nitrogen and oxygen atoms in total. The van der Waals surface area contributed by atoms with Gasteiger partial charge in [0.25, 0.3) is 0 Å². The maximum absolute atomic E-state index is 6.58. The van der Waals surface area contributed by atoms with Crippen molar-refractivity contribution in [1.82, 2.24) is 0 Å². The lowest BCUT2D eigenvalue weighted by Gasteiger charge is -2.47. The van der Waals surface area contributed by atoms with E-state index in [0.717, 1.165) is 24.3 Å². The van der Waals surface area contributed by atoms with Crippen molar-refractivity contribution >= 4 is 16.0 Å². The summed E-state index contributed by atoms with van der Waals surface area (Å²) >= 11 is 0. The summed E-state index contributed by atoms with van der Waals surface area (Å²) in [5.74, 6) is 1.14. The van der Waals surface area contributed by atoms with Crippen molar-refractivity contribution in [3.05, 3.63) is 65.2 Å². The van der Waals surface area contributed by atoms with E-state index in [9.17, 15) is 0 Å². The monoisotopic (exact) mass is 359 g/mol. The molecule has 0 aromatic heterocycles. The highest BCUT2D eigenvalue weighted by Crippen LogP contribution is 2.57. The van der Waals surface area contributed by atoms with Crippen LogP contribution in [0, 0.1) is 0 Å². The standard InChI is InChI=1S/C22H33NOS/c1-6-15-25(5,22(2,3)4)24-17-20-13-8-7-11-18(20)16-19-12-9-10-14-21(19)23/h7-14H,6,15-17,23H2,1-5H3. The van der Waals surface area contributed by atoms with Crippen LogP contribution in [0.4, 0.5) is 5.69 Å². The Kier molecular flexibility index (Phi) is 6.59. The minimum atomic E-state index is -1.13. The third kappa shape index (κ3) is 5.02. The third-order valence-corrected chi connectivity index (χ3v) is 9.33. The number of anilines is 1. The van der Waals surface area contributed by atoms with Gasteiger partial charge in [-0.1, -0.05) is 70.2 Å². The Hall–Kier alpha value is -1.45. The molecule has 0 aliphatic heterocycles. The first-order chi connectivity index (χ1) is 11.8. The number of nitrogen functional groups attached to an aromatic ring is 1. The van der Waals surface area contributed by atoms with E-state index < -0.39 is 10.3 Å². The molecule has 0 radical (unpaired) electrons. The predicted molar refractivity (Wildman–Crippen MR) is 113 cm³/mol. The van der Waals surface area contributed by atoms with E-state index in [4.69, 9.17) is 9.92 Å². The number of hydrogen-bond acceptors (Lipinski definition) is 2. The summed E-state index contributed by atoms with van der Waals surface area (Å²) in [4.78, 5) is 0. The molecule has 0 aliphatic carbocycles. The summed E-state index contributed by atoms with van der Waals surface area (Å²) in [6.07, 6.45) is 4.33. The van der Waals surface area contributed by atoms with E-state index in [-0.39, 0.29) is 4.75 Å². The van der Waals surface area contributed by atoms with Crippen LogP contribution in [0.2, 0.25) is 0 Å². The van der Waals surface area contributed by atoms with Crippen LogP contribution in [0.25, 0.3) is 0 Å². The lowest BCUT2D eigenvalue weighted by molar-refractivity contribution is 0.334. The van der Waals surface area contributed by atoms with E-state index >= 15 is 0 Å². The van der Waals surface area contributed by atoms with Crippen LogP contribution in [0.5, 0.6) is 0 Å². The molecule has 0 saturated carbocycles. The molecule has 0 spiro atoms. The highest BCUT2D eigenvalue weighted by molar-refractivity contribution is 8.30. The summed E-state index contributed by atoms with van der Waals surface area (Å²) in [7, 11) is -1.13. The second kappa shape index (κ2) is 8.29. The fourth-order valence-corrected chi connectivity index (χ4v) is 5.15. The molecule has 1 unspecified atom stereocenters. The van der Waals surface area contributed by atoms with Gasteiger partial charge in [0.15, 0.2) is 0 Å². The van der Waals surface area contributed by atoms with Gasteiger partial charge in [-0.15, -0.1) is 10.3 Å². The van der Waals surface area contributed by atoms with Gasteiger partial charge in [-0.25, -0.2) is 0 Å². The number of para-hydroxylation sites is 1. The van der Waals surface area contributed by atoms with E-state index in [0.29, 0.717) is 6.61 Å². The summed E-state index contributed by atoms with van der Waals surface area (Å²) in [5, 5.41) is 0. The second-order valence-electron chi connectivity index (χ2n) is 7.73. The fourth-order valence-electron chi connectivity index (χ4n) is 2.90. The molecule has 138 valence electrons. The zero-order valence-corrected chi connectivity index (χ0v) is 17.2. The zero-order chi connectivity index (χ0) is 18.5. The zero-order valence-electron chi connectivity index (χ0n) is 16.3. The SMILES string of the molecule is CCCS(C)(OCc1ccccc1Cc1ccccc1N)C(C)(C)C. The number of nitrogens with two attached hydrogens (primary N) is 1. The van der Waals surface area contributed by atoms with Crippen LogP contribution >= 0.6 is 10.3 Å². The molecule has 0 aliphatic rings. The number of rotatable bonds is 7. The van der Waals surface area contributed by atoms with Gasteiger partial charge >= 0.3 is 0 Å². The normalized spacial score (nSPS) is 15.6. The Balaban J connectivity index is 2.19. The van der Waals surface area contributed by atoms with Crippen molar-refractivity contribution in [2.75, 3.05) is 17.7 Å². The van der Waals surface area contributed by atoms with Gasteiger partial charge < -0.3 is 9.92 Å². The summed E-state index contributed by atoms with van der Waals surface area (Å²) < 4.78 is 6.76. The quantitative estimate of drug-likeness (QED) is 0.621. The molecule has 0 bridgehead atoms. The molecular weight excluding hydrogens is 326 g/mol. The Morgan fingerprint density at radius 2 is 1.48 bits per heavy atom. The van der Waals surface area contributed by atoms with Crippen LogP contribution in [0.3, 0.4) is 0 Å². The minimum absolute atomic E-state index is 0.182. The fraction of sp³-hybridized carbons (Fsp3) is 0.455. The van der Waals surface area contributed by atoms with Gasteiger partial charge in [-0.05, 0) is 47.6 Å². The average Bonchev–Trinajstić information content (AvgIpc) is 2.55. The van der Waals surface area contributed by atoms with E-state index in [1.54, 1.807) is 0 Å². The minimum Gasteiger partial charge on any atom is -0.398 e. The van der Waals surface area contributed by atoms with Gasteiger partial charge in [0.2, 0.25) is 0 Å². The van der Waals surface area contributed by atoms with Crippen LogP contribution in [0.1, 0.15) is 50.8 Å². The Bertz CT molecular complexity index is 692. The second-order valence-corrected chi connectivity index (χ2v) is 11.6. The molecule has 3 heteroatoms.